The Morgan fingerprint density at radius 3 is 2.00 bits per heavy atom. The van der Waals surface area contributed by atoms with Crippen molar-refractivity contribution in [3.63, 3.8) is 0 Å². The smallest absolute Gasteiger partial charge is 0.167 e. The lowest BCUT2D eigenvalue weighted by molar-refractivity contribution is 0.669. The van der Waals surface area contributed by atoms with Crippen LogP contribution in [-0.2, 0) is 0 Å². The van der Waals surface area contributed by atoms with Crippen molar-refractivity contribution in [1.82, 2.24) is 34.9 Å². The number of aromatic nitrogens is 7. The summed E-state index contributed by atoms with van der Waals surface area (Å²) in [6.45, 7) is 0. The van der Waals surface area contributed by atoms with Gasteiger partial charge in [-0.25, -0.2) is 24.9 Å². The summed E-state index contributed by atoms with van der Waals surface area (Å²) in [6, 6.07) is 48.2. The number of para-hydroxylation sites is 2. The summed E-state index contributed by atoms with van der Waals surface area (Å²) in [5.74, 6) is 1.68. The maximum absolute atomic E-state index is 6.39. The van der Waals surface area contributed by atoms with E-state index in [-0.39, 0.29) is 0 Å². The van der Waals surface area contributed by atoms with E-state index < -0.39 is 0 Å². The Balaban J connectivity index is 1.10. The molecule has 0 N–H and O–H groups in total. The van der Waals surface area contributed by atoms with Gasteiger partial charge in [0.25, 0.3) is 0 Å². The molecule has 248 valence electrons. The molecule has 10 rings (SSSR count). The van der Waals surface area contributed by atoms with E-state index in [4.69, 9.17) is 29.3 Å². The monoisotopic (exact) mass is 681 g/mol. The van der Waals surface area contributed by atoms with E-state index in [1.54, 1.807) is 18.6 Å². The summed E-state index contributed by atoms with van der Waals surface area (Å²) in [5.41, 5.74) is 10.7. The summed E-state index contributed by atoms with van der Waals surface area (Å²) in [6.07, 6.45) is 5.32. The van der Waals surface area contributed by atoms with Crippen LogP contribution in [0.25, 0.3) is 101 Å². The lowest BCUT2D eigenvalue weighted by Gasteiger charge is -2.12. The fourth-order valence-corrected chi connectivity index (χ4v) is 6.72. The fourth-order valence-electron chi connectivity index (χ4n) is 6.72. The number of fused-ring (bicyclic) bond motifs is 4. The van der Waals surface area contributed by atoms with E-state index >= 15 is 0 Å². The van der Waals surface area contributed by atoms with Crippen molar-refractivity contribution in [2.75, 3.05) is 0 Å². The van der Waals surface area contributed by atoms with Crippen LogP contribution in [0.4, 0.5) is 0 Å². The first-order valence-corrected chi connectivity index (χ1v) is 17.2. The SMILES string of the molecule is c1ccc(-c2nc(-c3cccc(-c4ccc5nc(-c6cccnc6)c(-c6ccccn6)nc5c4)c3)nc(-c3cccc4c3oc3ccccc34)n2)cc1. The van der Waals surface area contributed by atoms with E-state index in [1.165, 1.54) is 0 Å². The van der Waals surface area contributed by atoms with Gasteiger partial charge in [0.15, 0.2) is 17.5 Å². The highest BCUT2D eigenvalue weighted by molar-refractivity contribution is 6.09. The minimum atomic E-state index is 0.538. The molecule has 0 saturated heterocycles. The third kappa shape index (κ3) is 5.55. The first-order valence-electron chi connectivity index (χ1n) is 17.2. The van der Waals surface area contributed by atoms with Crippen molar-refractivity contribution in [2.24, 2.45) is 0 Å². The Labute approximate surface area is 303 Å². The first-order chi connectivity index (χ1) is 26.2. The first kappa shape index (κ1) is 30.4. The van der Waals surface area contributed by atoms with Gasteiger partial charge in [-0.1, -0.05) is 91.0 Å². The van der Waals surface area contributed by atoms with E-state index in [0.29, 0.717) is 23.2 Å². The summed E-state index contributed by atoms with van der Waals surface area (Å²) in [4.78, 5) is 34.2. The maximum Gasteiger partial charge on any atom is 0.167 e. The molecule has 0 atom stereocenters. The molecular weight excluding hydrogens is 655 g/mol. The lowest BCUT2D eigenvalue weighted by Crippen LogP contribution is -2.00. The zero-order chi connectivity index (χ0) is 35.1. The Kier molecular flexibility index (Phi) is 7.28. The van der Waals surface area contributed by atoms with Gasteiger partial charge < -0.3 is 4.42 Å². The highest BCUT2D eigenvalue weighted by atomic mass is 16.3. The molecule has 10 aromatic rings. The van der Waals surface area contributed by atoms with Gasteiger partial charge in [-0.15, -0.1) is 0 Å². The molecule has 5 aromatic carbocycles. The van der Waals surface area contributed by atoms with Crippen LogP contribution in [0.3, 0.4) is 0 Å². The number of furan rings is 1. The average Bonchev–Trinajstić information content (AvgIpc) is 3.63. The van der Waals surface area contributed by atoms with E-state index in [9.17, 15) is 0 Å². The predicted molar refractivity (Wildman–Crippen MR) is 208 cm³/mol. The Hall–Kier alpha value is -7.45. The van der Waals surface area contributed by atoms with Crippen LogP contribution in [0.1, 0.15) is 0 Å². The van der Waals surface area contributed by atoms with Crippen molar-refractivity contribution in [1.29, 1.82) is 0 Å². The molecule has 0 aliphatic carbocycles. The standard InChI is InChI=1S/C45H27N7O/c1-2-11-28(12-3-1)43-50-44(52-45(51-43)35-18-9-17-34-33-16-4-5-20-39(33)53-42(34)35)31-14-8-13-29(25-31)30-21-22-36-38(26-30)49-41(37-19-6-7-24-47-37)40(48-36)32-15-10-23-46-27-32/h1-27H. The van der Waals surface area contributed by atoms with Gasteiger partial charge in [0.1, 0.15) is 22.6 Å². The van der Waals surface area contributed by atoms with Crippen LogP contribution >= 0.6 is 0 Å². The minimum absolute atomic E-state index is 0.538. The van der Waals surface area contributed by atoms with Gasteiger partial charge in [0.2, 0.25) is 0 Å². The van der Waals surface area contributed by atoms with Crippen molar-refractivity contribution in [3.8, 4) is 67.9 Å². The molecule has 0 spiro atoms. The second-order valence-corrected chi connectivity index (χ2v) is 12.6. The molecular formula is C45H27N7O. The lowest BCUT2D eigenvalue weighted by atomic mass is 10.0. The zero-order valence-electron chi connectivity index (χ0n) is 28.1. The summed E-state index contributed by atoms with van der Waals surface area (Å²) in [7, 11) is 0. The van der Waals surface area contributed by atoms with Crippen LogP contribution in [0.5, 0.6) is 0 Å². The molecule has 53 heavy (non-hydrogen) atoms. The molecule has 0 aliphatic rings. The van der Waals surface area contributed by atoms with E-state index in [2.05, 4.69) is 46.4 Å². The van der Waals surface area contributed by atoms with Crippen molar-refractivity contribution in [2.45, 2.75) is 0 Å². The van der Waals surface area contributed by atoms with Crippen molar-refractivity contribution < 1.29 is 4.42 Å². The van der Waals surface area contributed by atoms with Gasteiger partial charge in [-0.05, 0) is 65.7 Å². The van der Waals surface area contributed by atoms with Gasteiger partial charge >= 0.3 is 0 Å². The van der Waals surface area contributed by atoms with Crippen molar-refractivity contribution in [3.05, 3.63) is 164 Å². The van der Waals surface area contributed by atoms with Gasteiger partial charge in [-0.3, -0.25) is 9.97 Å². The second-order valence-electron chi connectivity index (χ2n) is 12.6. The highest BCUT2D eigenvalue weighted by Crippen LogP contribution is 2.37. The van der Waals surface area contributed by atoms with Crippen LogP contribution in [0, 0.1) is 0 Å². The third-order valence-corrected chi connectivity index (χ3v) is 9.27. The van der Waals surface area contributed by atoms with Crippen LogP contribution in [0.2, 0.25) is 0 Å². The molecule has 0 radical (unpaired) electrons. The quantitative estimate of drug-likeness (QED) is 0.171. The molecule has 5 heterocycles. The number of pyridine rings is 2. The largest absolute Gasteiger partial charge is 0.455 e. The van der Waals surface area contributed by atoms with E-state index in [0.717, 1.165) is 77.7 Å². The molecule has 0 saturated carbocycles. The Morgan fingerprint density at radius 1 is 0.415 bits per heavy atom. The summed E-state index contributed by atoms with van der Waals surface area (Å²) in [5, 5.41) is 2.07. The van der Waals surface area contributed by atoms with Gasteiger partial charge in [-0.2, -0.15) is 0 Å². The average molecular weight is 682 g/mol. The van der Waals surface area contributed by atoms with E-state index in [1.807, 2.05) is 109 Å². The van der Waals surface area contributed by atoms with Crippen molar-refractivity contribution >= 4 is 33.0 Å². The molecule has 0 bridgehead atoms. The van der Waals surface area contributed by atoms with Gasteiger partial charge in [0, 0.05) is 46.1 Å². The molecule has 0 aliphatic heterocycles. The normalized spacial score (nSPS) is 11.4. The molecule has 8 nitrogen and oxygen atoms in total. The van der Waals surface area contributed by atoms with Gasteiger partial charge in [0.05, 0.1) is 22.3 Å². The summed E-state index contributed by atoms with van der Waals surface area (Å²) >= 11 is 0. The predicted octanol–water partition coefficient (Wildman–Crippen LogP) is 10.5. The number of hydrogen-bond acceptors (Lipinski definition) is 8. The zero-order valence-corrected chi connectivity index (χ0v) is 28.1. The molecule has 0 amide bonds. The summed E-state index contributed by atoms with van der Waals surface area (Å²) < 4.78 is 6.39. The fraction of sp³-hybridized carbons (Fsp3) is 0. The number of nitrogens with zero attached hydrogens (tertiary/aromatic N) is 7. The molecule has 0 fully saturated rings. The molecule has 8 heteroatoms. The minimum Gasteiger partial charge on any atom is -0.455 e. The Morgan fingerprint density at radius 2 is 1.13 bits per heavy atom. The number of hydrogen-bond donors (Lipinski definition) is 0. The van der Waals surface area contributed by atoms with Crippen LogP contribution in [0.15, 0.2) is 169 Å². The Bertz CT molecular complexity index is 2950. The number of rotatable bonds is 6. The molecule has 0 unspecified atom stereocenters. The third-order valence-electron chi connectivity index (χ3n) is 9.27. The molecule has 5 aromatic heterocycles. The maximum atomic E-state index is 6.39. The second kappa shape index (κ2) is 12.7. The topological polar surface area (TPSA) is 103 Å². The highest BCUT2D eigenvalue weighted by Gasteiger charge is 2.19. The number of benzene rings is 5. The van der Waals surface area contributed by atoms with Crippen LogP contribution < -0.4 is 0 Å². The van der Waals surface area contributed by atoms with Crippen LogP contribution in [-0.4, -0.2) is 34.9 Å².